The normalized spacial score (nSPS) is 28.5. The molecule has 1 aromatic rings. The fourth-order valence-electron chi connectivity index (χ4n) is 1.16. The lowest BCUT2D eigenvalue weighted by atomic mass is 9.93. The number of hydrogen-bond acceptors (Lipinski definition) is 3. The van der Waals surface area contributed by atoms with Crippen molar-refractivity contribution in [1.29, 1.82) is 0 Å². The molecule has 0 saturated carbocycles. The fourth-order valence-corrected chi connectivity index (χ4v) is 2.21. The number of rotatable bonds is 0. The summed E-state index contributed by atoms with van der Waals surface area (Å²) in [6, 6.07) is 1.90. The molecule has 2 atom stereocenters. The van der Waals surface area contributed by atoms with Crippen molar-refractivity contribution in [2.24, 2.45) is 5.73 Å². The van der Waals surface area contributed by atoms with Crippen molar-refractivity contribution in [3.63, 3.8) is 0 Å². The van der Waals surface area contributed by atoms with Gasteiger partial charge in [0.2, 0.25) is 0 Å². The van der Waals surface area contributed by atoms with E-state index in [1.54, 1.807) is 18.0 Å². The number of nitrogens with zero attached hydrogens (tertiary/aromatic N) is 1. The minimum absolute atomic E-state index is 0.00537. The summed E-state index contributed by atoms with van der Waals surface area (Å²) in [6.45, 7) is 0. The summed E-state index contributed by atoms with van der Waals surface area (Å²) in [7, 11) is 5.74. The molecular weight excluding hydrogens is 155 g/mol. The highest BCUT2D eigenvalue weighted by molar-refractivity contribution is 8.01. The molecule has 2 N–H and O–H groups in total. The van der Waals surface area contributed by atoms with Crippen LogP contribution in [0, 0.1) is 0 Å². The maximum Gasteiger partial charge on any atom is 0.0877 e. The van der Waals surface area contributed by atoms with Crippen molar-refractivity contribution in [3.8, 4) is 0 Å². The summed E-state index contributed by atoms with van der Waals surface area (Å²) in [6.07, 6.45) is 3.56. The van der Waals surface area contributed by atoms with Gasteiger partial charge in [-0.3, -0.25) is 4.98 Å². The molecule has 2 nitrogen and oxygen atoms in total. The van der Waals surface area contributed by atoms with Crippen LogP contribution in [-0.2, 0) is 0 Å². The number of pyridine rings is 1. The molecule has 1 aliphatic rings. The van der Waals surface area contributed by atoms with Crippen molar-refractivity contribution in [2.75, 3.05) is 0 Å². The molecule has 2 rings (SSSR count). The van der Waals surface area contributed by atoms with Gasteiger partial charge in [-0.25, -0.2) is 0 Å². The molecule has 1 aliphatic heterocycles. The van der Waals surface area contributed by atoms with Crippen LogP contribution in [0.3, 0.4) is 0 Å². The van der Waals surface area contributed by atoms with Gasteiger partial charge in [-0.2, -0.15) is 0 Å². The Hall–Kier alpha value is -0.475. The van der Waals surface area contributed by atoms with Crippen LogP contribution in [0.1, 0.15) is 11.6 Å². The maximum atomic E-state index is 5.82. The second kappa shape index (κ2) is 2.53. The highest BCUT2D eigenvalue weighted by atomic mass is 32.2. The van der Waals surface area contributed by atoms with Gasteiger partial charge in [0.1, 0.15) is 0 Å². The zero-order valence-electron chi connectivity index (χ0n) is 5.90. The lowest BCUT2D eigenvalue weighted by molar-refractivity contribution is 0.796. The smallest absolute Gasteiger partial charge is 0.0877 e. The minimum Gasteiger partial charge on any atom is -0.324 e. The zero-order valence-corrected chi connectivity index (χ0v) is 6.71. The van der Waals surface area contributed by atoms with Crippen molar-refractivity contribution < 1.29 is 0 Å². The predicted molar refractivity (Wildman–Crippen MR) is 46.6 cm³/mol. The van der Waals surface area contributed by atoms with E-state index in [1.807, 2.05) is 12.3 Å². The van der Waals surface area contributed by atoms with E-state index < -0.39 is 0 Å². The Morgan fingerprint density at radius 2 is 2.45 bits per heavy atom. The van der Waals surface area contributed by atoms with Crippen LogP contribution < -0.4 is 5.73 Å². The second-order valence-electron chi connectivity index (χ2n) is 2.52. The molecule has 0 saturated heterocycles. The van der Waals surface area contributed by atoms with Crippen LogP contribution in [-0.4, -0.2) is 18.0 Å². The Morgan fingerprint density at radius 1 is 1.64 bits per heavy atom. The molecule has 0 amide bonds. The Kier molecular flexibility index (Phi) is 1.66. The van der Waals surface area contributed by atoms with E-state index in [2.05, 4.69) is 4.98 Å². The molecule has 11 heavy (non-hydrogen) atoms. The van der Waals surface area contributed by atoms with Crippen molar-refractivity contribution in [3.05, 3.63) is 24.0 Å². The van der Waals surface area contributed by atoms with Crippen LogP contribution in [0.4, 0.5) is 0 Å². The SMILES string of the molecule is [B]C1Sc2cnccc2C1N. The highest BCUT2D eigenvalue weighted by Crippen LogP contribution is 2.40. The molecular formula is C7H7BN2S. The van der Waals surface area contributed by atoms with Crippen LogP contribution >= 0.6 is 11.8 Å². The van der Waals surface area contributed by atoms with Gasteiger partial charge in [0, 0.05) is 23.3 Å². The number of thioether (sulfide) groups is 1. The fraction of sp³-hybridized carbons (Fsp3) is 0.286. The topological polar surface area (TPSA) is 38.9 Å². The van der Waals surface area contributed by atoms with E-state index in [4.69, 9.17) is 13.6 Å². The minimum atomic E-state index is -0.0296. The summed E-state index contributed by atoms with van der Waals surface area (Å²) in [5.41, 5.74) is 6.94. The number of hydrogen-bond donors (Lipinski definition) is 1. The summed E-state index contributed by atoms with van der Waals surface area (Å²) >= 11 is 1.59. The lowest BCUT2D eigenvalue weighted by Crippen LogP contribution is -2.18. The third kappa shape index (κ3) is 1.06. The molecule has 0 aliphatic carbocycles. The van der Waals surface area contributed by atoms with Crippen LogP contribution in [0.15, 0.2) is 23.4 Å². The largest absolute Gasteiger partial charge is 0.324 e. The average Bonchev–Trinajstić information content (AvgIpc) is 2.30. The van der Waals surface area contributed by atoms with Gasteiger partial charge in [0.05, 0.1) is 7.85 Å². The van der Waals surface area contributed by atoms with E-state index in [-0.39, 0.29) is 11.2 Å². The molecule has 2 radical (unpaired) electrons. The first kappa shape index (κ1) is 7.19. The van der Waals surface area contributed by atoms with Gasteiger partial charge in [0.25, 0.3) is 0 Å². The molecule has 0 aromatic carbocycles. The first-order chi connectivity index (χ1) is 5.29. The highest BCUT2D eigenvalue weighted by Gasteiger charge is 2.25. The van der Waals surface area contributed by atoms with Gasteiger partial charge in [-0.1, -0.05) is 0 Å². The number of aromatic nitrogens is 1. The van der Waals surface area contributed by atoms with E-state index in [1.165, 1.54) is 0 Å². The van der Waals surface area contributed by atoms with Gasteiger partial charge >= 0.3 is 0 Å². The molecule has 2 heterocycles. The second-order valence-corrected chi connectivity index (χ2v) is 3.74. The van der Waals surface area contributed by atoms with E-state index in [9.17, 15) is 0 Å². The Bertz CT molecular complexity index is 279. The summed E-state index contributed by atoms with van der Waals surface area (Å²) in [5.74, 6) is 0. The average molecular weight is 162 g/mol. The van der Waals surface area contributed by atoms with E-state index >= 15 is 0 Å². The predicted octanol–water partition coefficient (Wildman–Crippen LogP) is 0.682. The molecule has 0 fully saturated rings. The molecule has 54 valence electrons. The Balaban J connectivity index is 2.47. The lowest BCUT2D eigenvalue weighted by Gasteiger charge is -2.07. The van der Waals surface area contributed by atoms with Crippen LogP contribution in [0.25, 0.3) is 0 Å². The maximum absolute atomic E-state index is 5.82. The molecule has 4 heteroatoms. The molecule has 0 spiro atoms. The third-order valence-corrected chi connectivity index (χ3v) is 2.95. The monoisotopic (exact) mass is 162 g/mol. The standard InChI is InChI=1S/C7H7BN2S/c8-7-6(9)4-1-2-10-3-5(4)11-7/h1-3,6-7H,9H2. The van der Waals surface area contributed by atoms with Gasteiger partial charge in [0.15, 0.2) is 0 Å². The van der Waals surface area contributed by atoms with Crippen LogP contribution in [0.2, 0.25) is 0 Å². The van der Waals surface area contributed by atoms with Gasteiger partial charge in [-0.05, 0) is 16.8 Å². The van der Waals surface area contributed by atoms with Crippen molar-refractivity contribution in [1.82, 2.24) is 4.98 Å². The Labute approximate surface area is 71.0 Å². The summed E-state index contributed by atoms with van der Waals surface area (Å²) in [4.78, 5) is 5.11. The summed E-state index contributed by atoms with van der Waals surface area (Å²) in [5, 5.41) is -0.00537. The van der Waals surface area contributed by atoms with Gasteiger partial charge < -0.3 is 5.73 Å². The molecule has 2 unspecified atom stereocenters. The Morgan fingerprint density at radius 3 is 3.18 bits per heavy atom. The van der Waals surface area contributed by atoms with E-state index in [0.29, 0.717) is 0 Å². The zero-order chi connectivity index (χ0) is 7.84. The van der Waals surface area contributed by atoms with Crippen LogP contribution in [0.5, 0.6) is 0 Å². The van der Waals surface area contributed by atoms with Crippen molar-refractivity contribution >= 4 is 19.6 Å². The van der Waals surface area contributed by atoms with Gasteiger partial charge in [-0.15, -0.1) is 11.8 Å². The number of nitrogens with two attached hydrogens (primary N) is 1. The molecule has 0 bridgehead atoms. The van der Waals surface area contributed by atoms with Crippen molar-refractivity contribution in [2.45, 2.75) is 16.1 Å². The first-order valence-electron chi connectivity index (χ1n) is 3.41. The molecule has 1 aromatic heterocycles. The third-order valence-electron chi connectivity index (χ3n) is 1.79. The number of fused-ring (bicyclic) bond motifs is 1. The quantitative estimate of drug-likeness (QED) is 0.570. The van der Waals surface area contributed by atoms with E-state index in [0.717, 1.165) is 10.5 Å². The first-order valence-corrected chi connectivity index (χ1v) is 4.29. The summed E-state index contributed by atoms with van der Waals surface area (Å²) < 4.78 is 0.